The van der Waals surface area contributed by atoms with E-state index in [-0.39, 0.29) is 24.5 Å². The lowest BCUT2D eigenvalue weighted by molar-refractivity contribution is -0.138. The predicted octanol–water partition coefficient (Wildman–Crippen LogP) is 5.52. The molecular formula is C26H30ClN3O6. The lowest BCUT2D eigenvalue weighted by atomic mass is 9.85. The third kappa shape index (κ3) is 6.60. The van der Waals surface area contributed by atoms with Crippen LogP contribution < -0.4 is 15.4 Å². The van der Waals surface area contributed by atoms with E-state index in [2.05, 4.69) is 10.6 Å². The Kier molecular flexibility index (Phi) is 8.20. The monoisotopic (exact) mass is 515 g/mol. The van der Waals surface area contributed by atoms with Crippen LogP contribution in [0.1, 0.15) is 43.2 Å². The summed E-state index contributed by atoms with van der Waals surface area (Å²) in [7, 11) is 1.52. The number of anilines is 2. The Labute approximate surface area is 214 Å². The van der Waals surface area contributed by atoms with Crippen LogP contribution in [0.5, 0.6) is 5.75 Å². The van der Waals surface area contributed by atoms with E-state index in [9.17, 15) is 14.4 Å². The van der Waals surface area contributed by atoms with Crippen molar-refractivity contribution in [1.29, 1.82) is 0 Å². The molecule has 1 saturated carbocycles. The van der Waals surface area contributed by atoms with Gasteiger partial charge in [0.25, 0.3) is 0 Å². The summed E-state index contributed by atoms with van der Waals surface area (Å²) in [4.78, 5) is 37.7. The Morgan fingerprint density at radius 3 is 2.39 bits per heavy atom. The fraction of sp³-hybridized carbons (Fsp3) is 0.423. The van der Waals surface area contributed by atoms with E-state index in [1.807, 2.05) is 12.1 Å². The summed E-state index contributed by atoms with van der Waals surface area (Å²) in [6, 6.07) is 10.2. The number of halogens is 1. The molecule has 2 aromatic carbocycles. The molecule has 9 nitrogen and oxygen atoms in total. The van der Waals surface area contributed by atoms with E-state index < -0.39 is 12.0 Å². The molecule has 36 heavy (non-hydrogen) atoms. The van der Waals surface area contributed by atoms with E-state index in [4.69, 9.17) is 26.2 Å². The van der Waals surface area contributed by atoms with E-state index in [0.717, 1.165) is 24.0 Å². The summed E-state index contributed by atoms with van der Waals surface area (Å²) in [6.07, 6.45) is 3.28. The van der Waals surface area contributed by atoms with Gasteiger partial charge in [0, 0.05) is 30.9 Å². The molecule has 0 aromatic heterocycles. The molecule has 1 heterocycles. The number of carboxylic acids is 1. The summed E-state index contributed by atoms with van der Waals surface area (Å²) in [6.45, 7) is 0.972. The molecule has 4 rings (SSSR count). The smallest absolute Gasteiger partial charge is 0.410 e. The van der Waals surface area contributed by atoms with Gasteiger partial charge < -0.3 is 30.1 Å². The van der Waals surface area contributed by atoms with Crippen LogP contribution in [0.25, 0.3) is 0 Å². The number of ether oxygens (including phenoxy) is 2. The maximum absolute atomic E-state index is 12.7. The topological polar surface area (TPSA) is 117 Å². The lowest BCUT2D eigenvalue weighted by Gasteiger charge is -2.32. The van der Waals surface area contributed by atoms with Gasteiger partial charge >= 0.3 is 18.1 Å². The molecule has 10 heteroatoms. The highest BCUT2D eigenvalue weighted by Crippen LogP contribution is 2.30. The average Bonchev–Trinajstić information content (AvgIpc) is 2.84. The first-order valence-corrected chi connectivity index (χ1v) is 12.4. The molecule has 3 amide bonds. The third-order valence-corrected chi connectivity index (χ3v) is 6.96. The molecule has 0 spiro atoms. The Morgan fingerprint density at radius 2 is 1.72 bits per heavy atom. The predicted molar refractivity (Wildman–Crippen MR) is 136 cm³/mol. The number of methoxy groups -OCH3 is 1. The number of urea groups is 1. The standard InChI is InChI=1S/C26H30ClN3O6/c1-35-23-9-6-20(14-22(23)27)29-25(33)28-19-5-4-18-15-30(11-10-17(18)13-19)26(34)36-21-7-2-16(3-8-21)12-24(31)32/h4-6,9,13-14,16,21H,2-3,7-8,10-12,15H2,1H3,(H,31,32)(H2,28,29,33). The first-order chi connectivity index (χ1) is 17.3. The molecule has 0 unspecified atom stereocenters. The lowest BCUT2D eigenvalue weighted by Crippen LogP contribution is -2.39. The van der Waals surface area contributed by atoms with Crippen LogP contribution >= 0.6 is 11.6 Å². The van der Waals surface area contributed by atoms with Crippen LogP contribution in [0.2, 0.25) is 5.02 Å². The van der Waals surface area contributed by atoms with Gasteiger partial charge in [0.1, 0.15) is 11.9 Å². The van der Waals surface area contributed by atoms with Gasteiger partial charge in [-0.15, -0.1) is 0 Å². The highest BCUT2D eigenvalue weighted by atomic mass is 35.5. The fourth-order valence-corrected chi connectivity index (χ4v) is 5.00. The summed E-state index contributed by atoms with van der Waals surface area (Å²) >= 11 is 6.11. The van der Waals surface area contributed by atoms with Gasteiger partial charge in [-0.05, 0) is 79.5 Å². The Morgan fingerprint density at radius 1 is 1.03 bits per heavy atom. The molecule has 1 fully saturated rings. The molecule has 0 bridgehead atoms. The molecule has 2 aliphatic rings. The van der Waals surface area contributed by atoms with Gasteiger partial charge in [0.15, 0.2) is 0 Å². The molecule has 3 N–H and O–H groups in total. The van der Waals surface area contributed by atoms with E-state index in [1.165, 1.54) is 7.11 Å². The Hall–Kier alpha value is -3.46. The van der Waals surface area contributed by atoms with Crippen molar-refractivity contribution in [1.82, 2.24) is 4.90 Å². The zero-order chi connectivity index (χ0) is 25.7. The second kappa shape index (κ2) is 11.5. The van der Waals surface area contributed by atoms with E-state index >= 15 is 0 Å². The van der Waals surface area contributed by atoms with Crippen molar-refractivity contribution in [2.24, 2.45) is 5.92 Å². The number of nitrogens with zero attached hydrogens (tertiary/aromatic N) is 1. The first-order valence-electron chi connectivity index (χ1n) is 12.0. The van der Waals surface area contributed by atoms with Crippen molar-refractivity contribution in [3.05, 3.63) is 52.5 Å². The van der Waals surface area contributed by atoms with Gasteiger partial charge in [0.05, 0.1) is 12.1 Å². The molecule has 0 atom stereocenters. The number of carbonyl (C=O) groups is 3. The highest BCUT2D eigenvalue weighted by Gasteiger charge is 2.28. The number of rotatable bonds is 6. The van der Waals surface area contributed by atoms with Crippen molar-refractivity contribution in [2.75, 3.05) is 24.3 Å². The van der Waals surface area contributed by atoms with Crippen LogP contribution in [0.3, 0.4) is 0 Å². The van der Waals surface area contributed by atoms with Crippen LogP contribution in [0, 0.1) is 5.92 Å². The first kappa shape index (κ1) is 25.6. The Balaban J connectivity index is 1.27. The van der Waals surface area contributed by atoms with Crippen LogP contribution in [-0.2, 0) is 22.5 Å². The number of fused-ring (bicyclic) bond motifs is 1. The number of benzene rings is 2. The molecule has 1 aliphatic heterocycles. The maximum atomic E-state index is 12.7. The second-order valence-electron chi connectivity index (χ2n) is 9.21. The van der Waals surface area contributed by atoms with Crippen molar-refractivity contribution in [3.8, 4) is 5.75 Å². The zero-order valence-electron chi connectivity index (χ0n) is 20.1. The SMILES string of the molecule is COc1ccc(NC(=O)Nc2ccc3c(c2)CCN(C(=O)OC2CCC(CC(=O)O)CC2)C3)cc1Cl. The molecule has 192 valence electrons. The third-order valence-electron chi connectivity index (χ3n) is 6.67. The number of aliphatic carboxylic acids is 1. The zero-order valence-corrected chi connectivity index (χ0v) is 20.8. The minimum absolute atomic E-state index is 0.158. The number of carbonyl (C=O) groups excluding carboxylic acids is 2. The van der Waals surface area contributed by atoms with Crippen molar-refractivity contribution >= 4 is 41.1 Å². The molecule has 2 aromatic rings. The van der Waals surface area contributed by atoms with Crippen molar-refractivity contribution in [3.63, 3.8) is 0 Å². The quantitative estimate of drug-likeness (QED) is 0.466. The molecule has 1 aliphatic carbocycles. The minimum Gasteiger partial charge on any atom is -0.495 e. The van der Waals surface area contributed by atoms with Crippen molar-refractivity contribution in [2.45, 2.75) is 51.2 Å². The number of nitrogens with one attached hydrogen (secondary N) is 2. The van der Waals surface area contributed by atoms with Crippen LogP contribution in [0.15, 0.2) is 36.4 Å². The summed E-state index contributed by atoms with van der Waals surface area (Å²) < 4.78 is 10.8. The highest BCUT2D eigenvalue weighted by molar-refractivity contribution is 6.32. The number of carboxylic acid groups (broad SMARTS) is 1. The van der Waals surface area contributed by atoms with Crippen molar-refractivity contribution < 1.29 is 29.0 Å². The normalized spacial score (nSPS) is 19.1. The van der Waals surface area contributed by atoms with Crippen LogP contribution in [0.4, 0.5) is 21.0 Å². The largest absolute Gasteiger partial charge is 0.495 e. The number of hydrogen-bond donors (Lipinski definition) is 3. The summed E-state index contributed by atoms with van der Waals surface area (Å²) in [5, 5.41) is 14.9. The van der Waals surface area contributed by atoms with Gasteiger partial charge in [-0.2, -0.15) is 0 Å². The van der Waals surface area contributed by atoms with Gasteiger partial charge in [-0.3, -0.25) is 4.79 Å². The maximum Gasteiger partial charge on any atom is 0.410 e. The average molecular weight is 516 g/mol. The summed E-state index contributed by atoms with van der Waals surface area (Å²) in [5.41, 5.74) is 3.27. The summed E-state index contributed by atoms with van der Waals surface area (Å²) in [5.74, 6) is -0.0832. The Bertz CT molecular complexity index is 1130. The molecular weight excluding hydrogens is 486 g/mol. The van der Waals surface area contributed by atoms with Gasteiger partial charge in [-0.1, -0.05) is 17.7 Å². The number of amides is 3. The number of hydrogen-bond acceptors (Lipinski definition) is 5. The van der Waals surface area contributed by atoms with Gasteiger partial charge in [-0.25, -0.2) is 9.59 Å². The minimum atomic E-state index is -0.774. The van der Waals surface area contributed by atoms with Crippen LogP contribution in [-0.4, -0.2) is 47.9 Å². The fourth-order valence-electron chi connectivity index (χ4n) is 4.74. The van der Waals surface area contributed by atoms with E-state index in [1.54, 1.807) is 29.2 Å². The molecule has 0 saturated heterocycles. The second-order valence-corrected chi connectivity index (χ2v) is 9.62. The van der Waals surface area contributed by atoms with E-state index in [0.29, 0.717) is 54.5 Å². The molecule has 0 radical (unpaired) electrons. The van der Waals surface area contributed by atoms with Gasteiger partial charge in [0.2, 0.25) is 0 Å².